The lowest BCUT2D eigenvalue weighted by Crippen LogP contribution is -1.92. The van der Waals surface area contributed by atoms with Crippen molar-refractivity contribution in [1.82, 2.24) is 0 Å². The van der Waals surface area contributed by atoms with E-state index in [0.717, 1.165) is 23.3 Å². The van der Waals surface area contributed by atoms with Gasteiger partial charge in [-0.3, -0.25) is 0 Å². The van der Waals surface area contributed by atoms with Crippen molar-refractivity contribution in [3.63, 3.8) is 0 Å². The second-order valence-electron chi connectivity index (χ2n) is 3.72. The maximum absolute atomic E-state index is 10.2. The van der Waals surface area contributed by atoms with Gasteiger partial charge in [-0.05, 0) is 29.5 Å². The van der Waals surface area contributed by atoms with Gasteiger partial charge in [0.25, 0.3) is 0 Å². The van der Waals surface area contributed by atoms with Crippen LogP contribution in [0.15, 0.2) is 18.2 Å². The lowest BCUT2D eigenvalue weighted by Gasteiger charge is -2.09. The molecular formula is C12H15ClO. The molecule has 0 unspecified atom stereocenters. The van der Waals surface area contributed by atoms with Gasteiger partial charge in [-0.1, -0.05) is 37.6 Å². The van der Waals surface area contributed by atoms with Gasteiger partial charge in [0, 0.05) is 11.4 Å². The van der Waals surface area contributed by atoms with Crippen LogP contribution in [0.3, 0.4) is 0 Å². The molecule has 0 bridgehead atoms. The van der Waals surface area contributed by atoms with Crippen molar-refractivity contribution >= 4 is 17.9 Å². The van der Waals surface area contributed by atoms with Crippen molar-refractivity contribution in [2.45, 2.75) is 32.6 Å². The Morgan fingerprint density at radius 1 is 1.43 bits per heavy atom. The molecule has 0 aliphatic rings. The summed E-state index contributed by atoms with van der Waals surface area (Å²) in [5, 5.41) is 0.809. The highest BCUT2D eigenvalue weighted by molar-refractivity contribution is 6.31. The molecule has 2 heteroatoms. The lowest BCUT2D eigenvalue weighted by molar-refractivity contribution is -0.107. The average molecular weight is 211 g/mol. The Kier molecular flexibility index (Phi) is 4.15. The fourth-order valence-corrected chi connectivity index (χ4v) is 1.84. The standard InChI is InChI=1S/C12H15ClO/c1-9(2)11-6-5-10(4-3-7-14)8-12(11)13/h5-9H,3-4H2,1-2H3. The predicted molar refractivity (Wildman–Crippen MR) is 59.9 cm³/mol. The van der Waals surface area contributed by atoms with Gasteiger partial charge >= 0.3 is 0 Å². The predicted octanol–water partition coefficient (Wildman–Crippen LogP) is 3.59. The SMILES string of the molecule is CC(C)c1ccc(CCC=O)cc1Cl. The quantitative estimate of drug-likeness (QED) is 0.695. The zero-order valence-electron chi connectivity index (χ0n) is 8.59. The first kappa shape index (κ1) is 11.3. The van der Waals surface area contributed by atoms with E-state index in [2.05, 4.69) is 13.8 Å². The number of hydrogen-bond donors (Lipinski definition) is 0. The summed E-state index contributed by atoms with van der Waals surface area (Å²) in [5.74, 6) is 0.447. The minimum Gasteiger partial charge on any atom is -0.303 e. The Labute approximate surface area is 90.1 Å². The fourth-order valence-electron chi connectivity index (χ4n) is 1.42. The molecule has 0 aromatic heterocycles. The molecule has 0 saturated heterocycles. The number of aryl methyl sites for hydroxylation is 1. The molecule has 0 amide bonds. The first-order valence-electron chi connectivity index (χ1n) is 4.87. The van der Waals surface area contributed by atoms with Crippen molar-refractivity contribution in [2.75, 3.05) is 0 Å². The molecule has 76 valence electrons. The van der Waals surface area contributed by atoms with Crippen LogP contribution in [0.25, 0.3) is 0 Å². The third-order valence-corrected chi connectivity index (χ3v) is 2.57. The molecule has 0 spiro atoms. The molecule has 0 N–H and O–H groups in total. The molecule has 0 fully saturated rings. The smallest absolute Gasteiger partial charge is 0.120 e. The van der Waals surface area contributed by atoms with Crippen LogP contribution in [0.5, 0.6) is 0 Å². The van der Waals surface area contributed by atoms with E-state index in [1.54, 1.807) is 0 Å². The van der Waals surface area contributed by atoms with Crippen LogP contribution >= 0.6 is 11.6 Å². The van der Waals surface area contributed by atoms with Crippen molar-refractivity contribution in [1.29, 1.82) is 0 Å². The molecule has 1 rings (SSSR count). The van der Waals surface area contributed by atoms with Gasteiger partial charge in [0.05, 0.1) is 0 Å². The van der Waals surface area contributed by atoms with Gasteiger partial charge < -0.3 is 4.79 Å². The van der Waals surface area contributed by atoms with Crippen molar-refractivity contribution in [3.8, 4) is 0 Å². The molecule has 0 aliphatic carbocycles. The molecule has 0 atom stereocenters. The number of halogens is 1. The highest BCUT2D eigenvalue weighted by Gasteiger charge is 2.05. The van der Waals surface area contributed by atoms with Gasteiger partial charge in [0.2, 0.25) is 0 Å². The number of aldehydes is 1. The highest BCUT2D eigenvalue weighted by Crippen LogP contribution is 2.25. The minimum atomic E-state index is 0.447. The second kappa shape index (κ2) is 5.16. The molecule has 14 heavy (non-hydrogen) atoms. The normalized spacial score (nSPS) is 10.6. The Hall–Kier alpha value is -0.820. The molecule has 1 aromatic rings. The highest BCUT2D eigenvalue weighted by atomic mass is 35.5. The first-order valence-corrected chi connectivity index (χ1v) is 5.25. The maximum Gasteiger partial charge on any atom is 0.120 e. The summed E-state index contributed by atoms with van der Waals surface area (Å²) in [5.41, 5.74) is 2.30. The summed E-state index contributed by atoms with van der Waals surface area (Å²) in [7, 11) is 0. The van der Waals surface area contributed by atoms with Crippen LogP contribution < -0.4 is 0 Å². The number of hydrogen-bond acceptors (Lipinski definition) is 1. The summed E-state index contributed by atoms with van der Waals surface area (Å²) in [4.78, 5) is 10.2. The van der Waals surface area contributed by atoms with Crippen molar-refractivity contribution in [3.05, 3.63) is 34.3 Å². The van der Waals surface area contributed by atoms with Crippen LogP contribution in [0.2, 0.25) is 5.02 Å². The molecule has 0 aliphatic heterocycles. The Balaban J connectivity index is 2.83. The van der Waals surface area contributed by atoms with Gasteiger partial charge in [0.15, 0.2) is 0 Å². The minimum absolute atomic E-state index is 0.447. The maximum atomic E-state index is 10.2. The Bertz CT molecular complexity index is 318. The zero-order valence-corrected chi connectivity index (χ0v) is 9.34. The van der Waals surface area contributed by atoms with E-state index in [4.69, 9.17) is 11.6 Å². The van der Waals surface area contributed by atoms with Gasteiger partial charge in [-0.2, -0.15) is 0 Å². The summed E-state index contributed by atoms with van der Waals surface area (Å²) in [6, 6.07) is 6.05. The van der Waals surface area contributed by atoms with E-state index in [1.807, 2.05) is 18.2 Å². The summed E-state index contributed by atoms with van der Waals surface area (Å²) in [6.45, 7) is 4.23. The Morgan fingerprint density at radius 3 is 2.64 bits per heavy atom. The van der Waals surface area contributed by atoms with Crippen molar-refractivity contribution in [2.24, 2.45) is 0 Å². The lowest BCUT2D eigenvalue weighted by atomic mass is 10.0. The van der Waals surface area contributed by atoms with E-state index in [9.17, 15) is 4.79 Å². The second-order valence-corrected chi connectivity index (χ2v) is 4.12. The van der Waals surface area contributed by atoms with Crippen LogP contribution in [0.4, 0.5) is 0 Å². The van der Waals surface area contributed by atoms with Crippen LogP contribution in [-0.2, 0) is 11.2 Å². The summed E-state index contributed by atoms with van der Waals surface area (Å²) in [6.07, 6.45) is 2.28. The van der Waals surface area contributed by atoms with Crippen LogP contribution in [0, 0.1) is 0 Å². The zero-order chi connectivity index (χ0) is 10.6. The van der Waals surface area contributed by atoms with E-state index < -0.39 is 0 Å². The number of carbonyl (C=O) groups is 1. The fraction of sp³-hybridized carbons (Fsp3) is 0.417. The van der Waals surface area contributed by atoms with E-state index in [-0.39, 0.29) is 0 Å². The molecule has 0 radical (unpaired) electrons. The first-order chi connectivity index (χ1) is 6.65. The molecule has 1 nitrogen and oxygen atoms in total. The van der Waals surface area contributed by atoms with E-state index in [1.165, 1.54) is 5.56 Å². The molecular weight excluding hydrogens is 196 g/mol. The largest absolute Gasteiger partial charge is 0.303 e. The van der Waals surface area contributed by atoms with Crippen LogP contribution in [0.1, 0.15) is 37.3 Å². The third-order valence-electron chi connectivity index (χ3n) is 2.24. The van der Waals surface area contributed by atoms with E-state index in [0.29, 0.717) is 12.3 Å². The monoisotopic (exact) mass is 210 g/mol. The third kappa shape index (κ3) is 2.85. The number of carbonyl (C=O) groups excluding carboxylic acids is 1. The molecule has 0 heterocycles. The molecule has 0 saturated carbocycles. The topological polar surface area (TPSA) is 17.1 Å². The number of benzene rings is 1. The van der Waals surface area contributed by atoms with Gasteiger partial charge in [-0.15, -0.1) is 0 Å². The van der Waals surface area contributed by atoms with Crippen molar-refractivity contribution < 1.29 is 4.79 Å². The summed E-state index contributed by atoms with van der Waals surface area (Å²) >= 11 is 6.11. The van der Waals surface area contributed by atoms with Gasteiger partial charge in [0.1, 0.15) is 6.29 Å². The Morgan fingerprint density at radius 2 is 2.14 bits per heavy atom. The average Bonchev–Trinajstić information content (AvgIpc) is 2.14. The molecule has 1 aromatic carbocycles. The summed E-state index contributed by atoms with van der Waals surface area (Å²) < 4.78 is 0. The van der Waals surface area contributed by atoms with Crippen LogP contribution in [-0.4, -0.2) is 6.29 Å². The van der Waals surface area contributed by atoms with E-state index >= 15 is 0 Å². The number of rotatable bonds is 4. The van der Waals surface area contributed by atoms with Gasteiger partial charge in [-0.25, -0.2) is 0 Å².